The lowest BCUT2D eigenvalue weighted by atomic mass is 9.82. The molecule has 1 fully saturated rings. The zero-order chi connectivity index (χ0) is 12.8. The second kappa shape index (κ2) is 4.09. The van der Waals surface area contributed by atoms with Crippen LogP contribution in [0.5, 0.6) is 0 Å². The number of carbonyl (C=O) groups is 1. The van der Waals surface area contributed by atoms with Gasteiger partial charge in [0.1, 0.15) is 0 Å². The van der Waals surface area contributed by atoms with Crippen LogP contribution in [0.3, 0.4) is 0 Å². The summed E-state index contributed by atoms with van der Waals surface area (Å²) in [5.74, 6) is -0.576. The van der Waals surface area contributed by atoms with Crippen LogP contribution in [0.4, 0.5) is 0 Å². The Kier molecular flexibility index (Phi) is 2.67. The summed E-state index contributed by atoms with van der Waals surface area (Å²) in [7, 11) is 1.55. The molecule has 2 bridgehead atoms. The number of fused-ring (bicyclic) bond motifs is 3. The van der Waals surface area contributed by atoms with Gasteiger partial charge in [-0.05, 0) is 36.8 Å². The van der Waals surface area contributed by atoms with E-state index in [9.17, 15) is 9.90 Å². The fraction of sp³-hybridized carbons (Fsp3) is 0.533. The van der Waals surface area contributed by atoms with E-state index in [0.29, 0.717) is 0 Å². The molecule has 0 amide bonds. The Balaban J connectivity index is 2.07. The van der Waals surface area contributed by atoms with Crippen molar-refractivity contribution < 1.29 is 14.6 Å². The first kappa shape index (κ1) is 11.7. The second-order valence-corrected chi connectivity index (χ2v) is 5.45. The number of methoxy groups -OCH3 is 1. The van der Waals surface area contributed by atoms with E-state index in [2.05, 4.69) is 12.1 Å². The normalized spacial score (nSPS) is 33.8. The maximum atomic E-state index is 11.7. The summed E-state index contributed by atoms with van der Waals surface area (Å²) in [5.41, 5.74) is 1.62. The topological polar surface area (TPSA) is 46.5 Å². The largest absolute Gasteiger partial charge is 0.479 e. The number of rotatable bonds is 2. The van der Waals surface area contributed by atoms with E-state index in [0.717, 1.165) is 25.7 Å². The quantitative estimate of drug-likeness (QED) is 0.870. The summed E-state index contributed by atoms with van der Waals surface area (Å²) in [4.78, 5) is 11.7. The number of hydrogen-bond acceptors (Lipinski definition) is 2. The zero-order valence-corrected chi connectivity index (χ0v) is 10.6. The molecule has 96 valence electrons. The summed E-state index contributed by atoms with van der Waals surface area (Å²) < 4.78 is 5.54. The van der Waals surface area contributed by atoms with Gasteiger partial charge >= 0.3 is 5.97 Å². The van der Waals surface area contributed by atoms with Crippen molar-refractivity contribution in [3.63, 3.8) is 0 Å². The molecule has 2 aliphatic carbocycles. The molecule has 1 aromatic rings. The lowest BCUT2D eigenvalue weighted by Crippen LogP contribution is -2.49. The van der Waals surface area contributed by atoms with Gasteiger partial charge in [-0.3, -0.25) is 0 Å². The highest BCUT2D eigenvalue weighted by atomic mass is 16.5. The minimum absolute atomic E-state index is 0.105. The summed E-state index contributed by atoms with van der Waals surface area (Å²) in [6, 6.07) is 8.32. The molecule has 1 saturated carbocycles. The number of hydrogen-bond donors (Lipinski definition) is 1. The average Bonchev–Trinajstić information content (AvgIpc) is 2.61. The lowest BCUT2D eigenvalue weighted by Gasteiger charge is -2.33. The lowest BCUT2D eigenvalue weighted by molar-refractivity contribution is -0.173. The van der Waals surface area contributed by atoms with Crippen molar-refractivity contribution in [2.75, 3.05) is 7.11 Å². The third-order valence-electron chi connectivity index (χ3n) is 4.80. The standard InChI is InChI=1S/C15H18O3/c1-18-15(14(16)17)12-6-7-13(15)9-11-5-3-2-4-10(11)8-12/h2-5,12-13H,6-9H2,1H3,(H,16,17). The molecule has 2 aliphatic rings. The van der Waals surface area contributed by atoms with Crippen LogP contribution in [0.15, 0.2) is 24.3 Å². The highest BCUT2D eigenvalue weighted by Crippen LogP contribution is 2.49. The van der Waals surface area contributed by atoms with Crippen LogP contribution in [0, 0.1) is 11.8 Å². The third kappa shape index (κ3) is 1.43. The maximum absolute atomic E-state index is 11.7. The number of benzene rings is 1. The van der Waals surface area contributed by atoms with Crippen LogP contribution in [0.2, 0.25) is 0 Å². The zero-order valence-electron chi connectivity index (χ0n) is 10.6. The highest BCUT2D eigenvalue weighted by molar-refractivity contribution is 5.79. The maximum Gasteiger partial charge on any atom is 0.336 e. The smallest absolute Gasteiger partial charge is 0.336 e. The molecule has 0 aromatic heterocycles. The van der Waals surface area contributed by atoms with Gasteiger partial charge < -0.3 is 9.84 Å². The molecule has 0 aliphatic heterocycles. The van der Waals surface area contributed by atoms with Crippen molar-refractivity contribution in [1.29, 1.82) is 0 Å². The highest BCUT2D eigenvalue weighted by Gasteiger charge is 2.57. The Morgan fingerprint density at radius 1 is 1.22 bits per heavy atom. The molecule has 3 heteroatoms. The number of carboxylic acids is 1. The SMILES string of the molecule is COC1(C(=O)O)C2CCC1Cc1ccccc1C2. The predicted molar refractivity (Wildman–Crippen MR) is 67.4 cm³/mol. The Morgan fingerprint density at radius 2 is 1.72 bits per heavy atom. The molecule has 0 spiro atoms. The van der Waals surface area contributed by atoms with Gasteiger partial charge in [0.05, 0.1) is 0 Å². The fourth-order valence-corrected chi connectivity index (χ4v) is 3.93. The van der Waals surface area contributed by atoms with E-state index in [1.165, 1.54) is 11.1 Å². The van der Waals surface area contributed by atoms with Crippen molar-refractivity contribution in [3.8, 4) is 0 Å². The van der Waals surface area contributed by atoms with Gasteiger partial charge in [-0.15, -0.1) is 0 Å². The Labute approximate surface area is 107 Å². The van der Waals surface area contributed by atoms with Gasteiger partial charge in [0.25, 0.3) is 0 Å². The Bertz CT molecular complexity index is 447. The second-order valence-electron chi connectivity index (χ2n) is 5.45. The van der Waals surface area contributed by atoms with E-state index in [1.807, 2.05) is 12.1 Å². The number of carboxylic acid groups (broad SMARTS) is 1. The van der Waals surface area contributed by atoms with Crippen molar-refractivity contribution in [2.24, 2.45) is 11.8 Å². The Morgan fingerprint density at radius 3 is 2.11 bits per heavy atom. The average molecular weight is 246 g/mol. The summed E-state index contributed by atoms with van der Waals surface area (Å²) >= 11 is 0. The predicted octanol–water partition coefficient (Wildman–Crippen LogP) is 2.28. The molecule has 3 rings (SSSR count). The van der Waals surface area contributed by atoms with Gasteiger partial charge in [-0.1, -0.05) is 24.3 Å². The fourth-order valence-electron chi connectivity index (χ4n) is 3.93. The summed E-state index contributed by atoms with van der Waals surface area (Å²) in [6.45, 7) is 0. The first-order valence-electron chi connectivity index (χ1n) is 6.53. The molecule has 0 saturated heterocycles. The first-order valence-corrected chi connectivity index (χ1v) is 6.53. The third-order valence-corrected chi connectivity index (χ3v) is 4.80. The van der Waals surface area contributed by atoms with Gasteiger partial charge in [-0.25, -0.2) is 4.79 Å². The molecule has 2 atom stereocenters. The molecule has 2 unspecified atom stereocenters. The van der Waals surface area contributed by atoms with Crippen molar-refractivity contribution >= 4 is 5.97 Å². The molecule has 1 N–H and O–H groups in total. The van der Waals surface area contributed by atoms with E-state index < -0.39 is 11.6 Å². The molecule has 0 heterocycles. The Hall–Kier alpha value is -1.35. The molecule has 18 heavy (non-hydrogen) atoms. The monoisotopic (exact) mass is 246 g/mol. The molecule has 1 aromatic carbocycles. The van der Waals surface area contributed by atoms with Crippen LogP contribution in [0.1, 0.15) is 24.0 Å². The first-order chi connectivity index (χ1) is 8.68. The minimum atomic E-state index is -0.973. The molecular formula is C15H18O3. The van der Waals surface area contributed by atoms with E-state index in [4.69, 9.17) is 4.74 Å². The van der Waals surface area contributed by atoms with Crippen molar-refractivity contribution in [3.05, 3.63) is 35.4 Å². The molecule has 0 radical (unpaired) electrons. The van der Waals surface area contributed by atoms with E-state index in [-0.39, 0.29) is 11.8 Å². The van der Waals surface area contributed by atoms with Crippen molar-refractivity contribution in [2.45, 2.75) is 31.3 Å². The molecule has 3 nitrogen and oxygen atoms in total. The van der Waals surface area contributed by atoms with Crippen LogP contribution < -0.4 is 0 Å². The summed E-state index contributed by atoms with van der Waals surface area (Å²) in [5, 5.41) is 9.65. The molecular weight excluding hydrogens is 228 g/mol. The van der Waals surface area contributed by atoms with E-state index >= 15 is 0 Å². The van der Waals surface area contributed by atoms with Crippen LogP contribution in [-0.2, 0) is 22.4 Å². The van der Waals surface area contributed by atoms with Gasteiger partial charge in [0, 0.05) is 18.9 Å². The number of aliphatic carboxylic acids is 1. The van der Waals surface area contributed by atoms with Gasteiger partial charge in [-0.2, -0.15) is 0 Å². The van der Waals surface area contributed by atoms with Crippen LogP contribution in [-0.4, -0.2) is 23.8 Å². The van der Waals surface area contributed by atoms with Crippen molar-refractivity contribution in [1.82, 2.24) is 0 Å². The van der Waals surface area contributed by atoms with E-state index in [1.54, 1.807) is 7.11 Å². The number of ether oxygens (including phenoxy) is 1. The van der Waals surface area contributed by atoms with Crippen LogP contribution >= 0.6 is 0 Å². The van der Waals surface area contributed by atoms with Gasteiger partial charge in [0.15, 0.2) is 5.60 Å². The minimum Gasteiger partial charge on any atom is -0.479 e. The van der Waals surface area contributed by atoms with Crippen LogP contribution in [0.25, 0.3) is 0 Å². The van der Waals surface area contributed by atoms with Gasteiger partial charge in [0.2, 0.25) is 0 Å². The summed E-state index contributed by atoms with van der Waals surface area (Å²) in [6.07, 6.45) is 3.57.